The van der Waals surface area contributed by atoms with Crippen LogP contribution in [0, 0.1) is 0 Å². The van der Waals surface area contributed by atoms with Gasteiger partial charge in [0.15, 0.2) is 11.8 Å². The molecule has 0 fully saturated rings. The molecule has 5 heteroatoms. The number of anilines is 1. The molecule has 0 amide bonds. The van der Waals surface area contributed by atoms with Gasteiger partial charge in [-0.3, -0.25) is 4.79 Å². The molecule has 19 heavy (non-hydrogen) atoms. The Morgan fingerprint density at radius 3 is 2.26 bits per heavy atom. The molecule has 0 N–H and O–H groups in total. The van der Waals surface area contributed by atoms with E-state index in [0.717, 1.165) is 5.69 Å². The minimum Gasteiger partial charge on any atom is -0.497 e. The van der Waals surface area contributed by atoms with Crippen molar-refractivity contribution in [3.05, 3.63) is 24.3 Å². The molecule has 0 saturated carbocycles. The number of rotatable bonds is 6. The average molecular weight is 265 g/mol. The van der Waals surface area contributed by atoms with Gasteiger partial charge in [-0.05, 0) is 38.1 Å². The molecular formula is C14H19NO4. The van der Waals surface area contributed by atoms with Gasteiger partial charge in [0.2, 0.25) is 0 Å². The quantitative estimate of drug-likeness (QED) is 0.578. The van der Waals surface area contributed by atoms with E-state index in [1.165, 1.54) is 6.92 Å². The largest absolute Gasteiger partial charge is 0.497 e. The van der Waals surface area contributed by atoms with Crippen molar-refractivity contribution in [1.82, 2.24) is 0 Å². The monoisotopic (exact) mass is 265 g/mol. The number of hydrogen-bond acceptors (Lipinski definition) is 5. The van der Waals surface area contributed by atoms with Crippen LogP contribution in [-0.2, 0) is 14.3 Å². The van der Waals surface area contributed by atoms with Gasteiger partial charge in [-0.15, -0.1) is 0 Å². The molecule has 0 radical (unpaired) electrons. The number of Topliss-reactive ketones (excluding diaryl/α,β-unsaturated/α-hetero) is 1. The summed E-state index contributed by atoms with van der Waals surface area (Å²) in [6.07, 6.45) is 0. The second-order valence-electron chi connectivity index (χ2n) is 4.07. The minimum absolute atomic E-state index is 0.249. The second-order valence-corrected chi connectivity index (χ2v) is 4.07. The van der Waals surface area contributed by atoms with Crippen LogP contribution in [0.1, 0.15) is 13.8 Å². The fraction of sp³-hybridized carbons (Fsp3) is 0.429. The van der Waals surface area contributed by atoms with Crippen molar-refractivity contribution < 1.29 is 19.1 Å². The Morgan fingerprint density at radius 1 is 1.26 bits per heavy atom. The summed E-state index contributed by atoms with van der Waals surface area (Å²) in [5.74, 6) is -0.0715. The fourth-order valence-corrected chi connectivity index (χ4v) is 1.78. The van der Waals surface area contributed by atoms with Crippen molar-refractivity contribution in [3.63, 3.8) is 0 Å². The van der Waals surface area contributed by atoms with Crippen LogP contribution in [0.4, 0.5) is 5.69 Å². The van der Waals surface area contributed by atoms with Gasteiger partial charge in [0, 0.05) is 12.7 Å². The molecule has 0 aromatic heterocycles. The van der Waals surface area contributed by atoms with E-state index >= 15 is 0 Å². The lowest BCUT2D eigenvalue weighted by molar-refractivity contribution is -0.147. The summed E-state index contributed by atoms with van der Waals surface area (Å²) in [6, 6.07) is 6.19. The van der Waals surface area contributed by atoms with E-state index in [-0.39, 0.29) is 12.4 Å². The Morgan fingerprint density at radius 2 is 1.84 bits per heavy atom. The van der Waals surface area contributed by atoms with Crippen molar-refractivity contribution in [3.8, 4) is 5.75 Å². The third-order valence-corrected chi connectivity index (χ3v) is 2.76. The highest BCUT2D eigenvalue weighted by atomic mass is 16.5. The van der Waals surface area contributed by atoms with E-state index in [9.17, 15) is 9.59 Å². The zero-order valence-electron chi connectivity index (χ0n) is 11.7. The van der Waals surface area contributed by atoms with Gasteiger partial charge in [0.25, 0.3) is 0 Å². The van der Waals surface area contributed by atoms with Crippen LogP contribution >= 0.6 is 0 Å². The first kappa shape index (κ1) is 15.0. The maximum atomic E-state index is 11.8. The Hall–Kier alpha value is -2.04. The van der Waals surface area contributed by atoms with Crippen molar-refractivity contribution >= 4 is 17.4 Å². The molecule has 0 spiro atoms. The molecule has 0 aliphatic carbocycles. The van der Waals surface area contributed by atoms with Crippen molar-refractivity contribution in [1.29, 1.82) is 0 Å². The number of carbonyl (C=O) groups is 2. The van der Waals surface area contributed by atoms with Crippen LogP contribution in [0.25, 0.3) is 0 Å². The number of nitrogens with zero attached hydrogens (tertiary/aromatic N) is 1. The number of carbonyl (C=O) groups excluding carboxylic acids is 2. The number of ketones is 1. The first-order chi connectivity index (χ1) is 9.01. The normalized spacial score (nSPS) is 11.6. The predicted octanol–water partition coefficient (Wildman–Crippen LogP) is 1.65. The van der Waals surface area contributed by atoms with E-state index in [1.807, 2.05) is 0 Å². The molecule has 0 aliphatic rings. The summed E-state index contributed by atoms with van der Waals surface area (Å²) in [7, 11) is 3.26. The predicted molar refractivity (Wildman–Crippen MR) is 72.5 cm³/mol. The average Bonchev–Trinajstić information content (AvgIpc) is 2.38. The molecule has 1 rings (SSSR count). The molecule has 1 atom stereocenters. The van der Waals surface area contributed by atoms with Crippen LogP contribution in [0.15, 0.2) is 24.3 Å². The van der Waals surface area contributed by atoms with Gasteiger partial charge in [-0.1, -0.05) is 0 Å². The Kier molecular flexibility index (Phi) is 5.36. The third kappa shape index (κ3) is 3.71. The zero-order chi connectivity index (χ0) is 14.4. The van der Waals surface area contributed by atoms with Crippen LogP contribution in [0.5, 0.6) is 5.75 Å². The lowest BCUT2D eigenvalue weighted by atomic mass is 10.1. The number of methoxy groups -OCH3 is 1. The van der Waals surface area contributed by atoms with Crippen molar-refractivity contribution in [2.45, 2.75) is 19.9 Å². The Labute approximate surface area is 113 Å². The highest BCUT2D eigenvalue weighted by molar-refractivity contribution is 6.05. The van der Waals surface area contributed by atoms with Crippen molar-refractivity contribution in [2.24, 2.45) is 0 Å². The number of likely N-dealkylation sites (N-methyl/N-ethyl adjacent to an activating group) is 1. The van der Waals surface area contributed by atoms with Gasteiger partial charge in [-0.25, -0.2) is 4.79 Å². The smallest absolute Gasteiger partial charge is 0.336 e. The number of ether oxygens (including phenoxy) is 2. The molecule has 0 saturated heterocycles. The Balaban J connectivity index is 2.95. The van der Waals surface area contributed by atoms with Gasteiger partial charge >= 0.3 is 5.97 Å². The van der Waals surface area contributed by atoms with E-state index in [1.54, 1.807) is 50.2 Å². The first-order valence-electron chi connectivity index (χ1n) is 6.05. The molecule has 5 nitrogen and oxygen atoms in total. The molecule has 1 aromatic carbocycles. The van der Waals surface area contributed by atoms with E-state index < -0.39 is 12.0 Å². The molecule has 1 aromatic rings. The summed E-state index contributed by atoms with van der Waals surface area (Å²) < 4.78 is 9.99. The molecule has 104 valence electrons. The minimum atomic E-state index is -0.923. The first-order valence-corrected chi connectivity index (χ1v) is 6.05. The van der Waals surface area contributed by atoms with E-state index in [2.05, 4.69) is 0 Å². The van der Waals surface area contributed by atoms with Crippen LogP contribution < -0.4 is 9.64 Å². The zero-order valence-corrected chi connectivity index (χ0v) is 11.7. The van der Waals surface area contributed by atoms with Gasteiger partial charge < -0.3 is 14.4 Å². The van der Waals surface area contributed by atoms with Gasteiger partial charge in [0.1, 0.15) is 5.75 Å². The van der Waals surface area contributed by atoms with Crippen LogP contribution in [0.3, 0.4) is 0 Å². The maximum Gasteiger partial charge on any atom is 0.336 e. The van der Waals surface area contributed by atoms with Crippen molar-refractivity contribution in [2.75, 3.05) is 25.7 Å². The summed E-state index contributed by atoms with van der Waals surface area (Å²) >= 11 is 0. The van der Waals surface area contributed by atoms with Crippen LogP contribution in [0.2, 0.25) is 0 Å². The summed E-state index contributed by atoms with van der Waals surface area (Å²) in [4.78, 5) is 25.0. The molecule has 0 aliphatic heterocycles. The fourth-order valence-electron chi connectivity index (χ4n) is 1.78. The maximum absolute atomic E-state index is 11.8. The third-order valence-electron chi connectivity index (χ3n) is 2.76. The molecule has 0 bridgehead atoms. The van der Waals surface area contributed by atoms with Gasteiger partial charge in [-0.2, -0.15) is 0 Å². The molecule has 1 unspecified atom stereocenters. The highest BCUT2D eigenvalue weighted by Gasteiger charge is 2.29. The Bertz CT molecular complexity index is 441. The van der Waals surface area contributed by atoms with E-state index in [4.69, 9.17) is 9.47 Å². The SMILES string of the molecule is CCOC(=O)C(C(C)=O)N(C)c1ccc(OC)cc1. The molecular weight excluding hydrogens is 246 g/mol. The topological polar surface area (TPSA) is 55.8 Å². The van der Waals surface area contributed by atoms with E-state index in [0.29, 0.717) is 5.75 Å². The van der Waals surface area contributed by atoms with Gasteiger partial charge in [0.05, 0.1) is 13.7 Å². The summed E-state index contributed by atoms with van der Waals surface area (Å²) in [5, 5.41) is 0. The molecule has 0 heterocycles. The second kappa shape index (κ2) is 6.78. The number of hydrogen-bond donors (Lipinski definition) is 0. The summed E-state index contributed by atoms with van der Waals surface area (Å²) in [5.41, 5.74) is 0.744. The lowest BCUT2D eigenvalue weighted by Crippen LogP contribution is -2.44. The lowest BCUT2D eigenvalue weighted by Gasteiger charge is -2.26. The van der Waals surface area contributed by atoms with Crippen LogP contribution in [-0.4, -0.2) is 38.6 Å². The number of benzene rings is 1. The number of esters is 1. The summed E-state index contributed by atoms with van der Waals surface area (Å²) in [6.45, 7) is 3.34. The highest BCUT2D eigenvalue weighted by Crippen LogP contribution is 2.20. The standard InChI is InChI=1S/C14H19NO4/c1-5-19-14(17)13(10(2)16)15(3)11-6-8-12(18-4)9-7-11/h6-9,13H,5H2,1-4H3.